The molecular weight excluding hydrogens is 434 g/mol. The lowest BCUT2D eigenvalue weighted by Gasteiger charge is -2.29. The van der Waals surface area contributed by atoms with Gasteiger partial charge in [-0.3, -0.25) is 0 Å². The maximum Gasteiger partial charge on any atom is 0.317 e. The van der Waals surface area contributed by atoms with Crippen LogP contribution in [0.3, 0.4) is 0 Å². The minimum absolute atomic E-state index is 0.109. The number of nitrogens with one attached hydrogen (secondary N) is 1. The van der Waals surface area contributed by atoms with Gasteiger partial charge < -0.3 is 35.3 Å². The smallest absolute Gasteiger partial charge is 0.317 e. The van der Waals surface area contributed by atoms with Crippen LogP contribution in [0.1, 0.15) is 51.5 Å². The molecule has 34 heavy (non-hydrogen) atoms. The minimum atomic E-state index is -0.787. The fourth-order valence-electron chi connectivity index (χ4n) is 4.30. The first kappa shape index (κ1) is 28.2. The van der Waals surface area contributed by atoms with E-state index in [0.717, 1.165) is 50.1 Å². The number of hydrogen-bond donors (Lipinski definition) is 3. The molecule has 1 aliphatic heterocycles. The van der Waals surface area contributed by atoms with Gasteiger partial charge in [-0.05, 0) is 61.6 Å². The molecule has 2 amide bonds. The highest BCUT2D eigenvalue weighted by Gasteiger charge is 2.24. The topological polar surface area (TPSA) is 106 Å². The van der Waals surface area contributed by atoms with Crippen LogP contribution in [0.25, 0.3) is 0 Å². The predicted molar refractivity (Wildman–Crippen MR) is 134 cm³/mol. The van der Waals surface area contributed by atoms with Crippen molar-refractivity contribution in [1.82, 2.24) is 10.2 Å². The summed E-state index contributed by atoms with van der Waals surface area (Å²) in [5.41, 5.74) is 7.51. The number of carbonyl (C=O) groups is 1. The lowest BCUT2D eigenvalue weighted by Crippen LogP contribution is -2.49. The van der Waals surface area contributed by atoms with Crippen molar-refractivity contribution in [1.29, 1.82) is 0 Å². The number of amides is 2. The van der Waals surface area contributed by atoms with Gasteiger partial charge >= 0.3 is 6.03 Å². The highest BCUT2D eigenvalue weighted by atomic mass is 16.5. The van der Waals surface area contributed by atoms with E-state index in [9.17, 15) is 9.90 Å². The van der Waals surface area contributed by atoms with E-state index in [4.69, 9.17) is 19.9 Å². The molecule has 1 heterocycles. The molecule has 3 atom stereocenters. The van der Waals surface area contributed by atoms with Gasteiger partial charge in [-0.15, -0.1) is 0 Å². The Bertz CT molecular complexity index is 724. The van der Waals surface area contributed by atoms with Gasteiger partial charge in [0.25, 0.3) is 0 Å². The number of carbonyl (C=O) groups excluding carboxylic acids is 1. The molecule has 194 valence electrons. The Morgan fingerprint density at radius 3 is 2.53 bits per heavy atom. The zero-order valence-corrected chi connectivity index (χ0v) is 21.4. The van der Waals surface area contributed by atoms with Crippen LogP contribution in [0.15, 0.2) is 18.2 Å². The van der Waals surface area contributed by atoms with E-state index < -0.39 is 12.1 Å². The zero-order valence-electron chi connectivity index (χ0n) is 21.4. The molecule has 4 N–H and O–H groups in total. The normalized spacial score (nSPS) is 16.7. The second-order valence-electron chi connectivity index (χ2n) is 9.59. The van der Waals surface area contributed by atoms with E-state index in [-0.39, 0.29) is 18.5 Å². The van der Waals surface area contributed by atoms with Gasteiger partial charge in [-0.1, -0.05) is 19.9 Å². The van der Waals surface area contributed by atoms with Gasteiger partial charge in [0.15, 0.2) is 11.5 Å². The van der Waals surface area contributed by atoms with Crippen LogP contribution in [0, 0.1) is 11.8 Å². The number of aliphatic hydroxyl groups is 1. The number of aliphatic hydroxyl groups excluding tert-OH is 1. The Labute approximate surface area is 205 Å². The quantitative estimate of drug-likeness (QED) is 0.354. The third-order valence-electron chi connectivity index (χ3n) is 6.59. The Hall–Kier alpha value is -2.03. The largest absolute Gasteiger partial charge is 0.493 e. The number of likely N-dealkylation sites (tertiary alicyclic amines) is 1. The summed E-state index contributed by atoms with van der Waals surface area (Å²) in [6, 6.07) is 5.49. The first-order chi connectivity index (χ1) is 16.3. The van der Waals surface area contributed by atoms with Crippen molar-refractivity contribution < 1.29 is 24.1 Å². The van der Waals surface area contributed by atoms with E-state index in [1.54, 1.807) is 14.2 Å². The molecule has 0 spiro atoms. The highest BCUT2D eigenvalue weighted by Crippen LogP contribution is 2.31. The number of methoxy groups -OCH3 is 2. The van der Waals surface area contributed by atoms with Crippen molar-refractivity contribution in [3.8, 4) is 11.5 Å². The summed E-state index contributed by atoms with van der Waals surface area (Å²) in [6.45, 7) is 7.29. The average molecular weight is 480 g/mol. The number of rotatable bonds is 14. The lowest BCUT2D eigenvalue weighted by molar-refractivity contribution is 0.120. The van der Waals surface area contributed by atoms with Crippen LogP contribution in [-0.2, 0) is 11.2 Å². The Kier molecular flexibility index (Phi) is 12.5. The first-order valence-electron chi connectivity index (χ1n) is 12.6. The number of urea groups is 1. The van der Waals surface area contributed by atoms with Crippen LogP contribution in [0.5, 0.6) is 11.5 Å². The molecule has 1 aliphatic rings. The molecule has 0 bridgehead atoms. The molecule has 0 aromatic heterocycles. The number of nitrogens with zero attached hydrogens (tertiary/aromatic N) is 1. The van der Waals surface area contributed by atoms with Crippen molar-refractivity contribution >= 4 is 6.03 Å². The lowest BCUT2D eigenvalue weighted by atomic mass is 9.83. The number of hydrogen-bond acceptors (Lipinski definition) is 6. The summed E-state index contributed by atoms with van der Waals surface area (Å²) in [7, 11) is 3.32. The summed E-state index contributed by atoms with van der Waals surface area (Å²) in [6.07, 6.45) is 4.74. The highest BCUT2D eigenvalue weighted by molar-refractivity contribution is 5.74. The number of nitrogens with two attached hydrogens (primary N) is 1. The molecule has 0 saturated carbocycles. The third-order valence-corrected chi connectivity index (χ3v) is 6.59. The van der Waals surface area contributed by atoms with Gasteiger partial charge in [0.1, 0.15) is 0 Å². The molecule has 8 heteroatoms. The second-order valence-corrected chi connectivity index (χ2v) is 9.59. The molecule has 3 unspecified atom stereocenters. The average Bonchev–Trinajstić information content (AvgIpc) is 2.85. The molecule has 1 aromatic rings. The predicted octanol–water partition coefficient (Wildman–Crippen LogP) is 3.20. The third kappa shape index (κ3) is 9.31. The molecule has 1 aromatic carbocycles. The Morgan fingerprint density at radius 1 is 1.15 bits per heavy atom. The van der Waals surface area contributed by atoms with Crippen molar-refractivity contribution in [2.24, 2.45) is 17.6 Å². The summed E-state index contributed by atoms with van der Waals surface area (Å²) in [5, 5.41) is 13.5. The summed E-state index contributed by atoms with van der Waals surface area (Å²) < 4.78 is 16.5. The summed E-state index contributed by atoms with van der Waals surface area (Å²) >= 11 is 0. The monoisotopic (exact) mass is 479 g/mol. The summed E-state index contributed by atoms with van der Waals surface area (Å²) in [5.74, 6) is 2.09. The molecule has 2 rings (SSSR count). The molecule has 8 nitrogen and oxygen atoms in total. The number of piperidine rings is 1. The van der Waals surface area contributed by atoms with E-state index in [0.29, 0.717) is 31.3 Å². The second kappa shape index (κ2) is 15.1. The summed E-state index contributed by atoms with van der Waals surface area (Å²) in [4.78, 5) is 14.1. The van der Waals surface area contributed by atoms with Crippen LogP contribution >= 0.6 is 0 Å². The van der Waals surface area contributed by atoms with Crippen molar-refractivity contribution in [3.05, 3.63) is 23.8 Å². The van der Waals surface area contributed by atoms with Crippen LogP contribution in [0.2, 0.25) is 0 Å². The van der Waals surface area contributed by atoms with Gasteiger partial charge in [-0.25, -0.2) is 4.79 Å². The van der Waals surface area contributed by atoms with E-state index in [1.807, 2.05) is 17.0 Å². The zero-order chi connectivity index (χ0) is 24.9. The van der Waals surface area contributed by atoms with Crippen molar-refractivity contribution in [3.63, 3.8) is 0 Å². The molecule has 0 aliphatic carbocycles. The SMILES string of the molecule is COCCCOc1cc(CC(CC(N)C(O)CNC(=O)N2CCCCC2)C(C)C)ccc1OC. The van der Waals surface area contributed by atoms with E-state index >= 15 is 0 Å². The standard InChI is InChI=1S/C26H45N3O5/c1-19(2)21(15-20-9-10-24(33-4)25(16-20)34-14-8-13-32-3)17-22(27)23(30)18-28-26(31)29-11-6-5-7-12-29/h9-10,16,19,21-23,30H,5-8,11-15,17-18,27H2,1-4H3,(H,28,31). The number of benzene rings is 1. The van der Waals surface area contributed by atoms with E-state index in [2.05, 4.69) is 25.2 Å². The first-order valence-corrected chi connectivity index (χ1v) is 12.6. The molecule has 1 saturated heterocycles. The fraction of sp³-hybridized carbons (Fsp3) is 0.731. The van der Waals surface area contributed by atoms with Gasteiger partial charge in [0, 0.05) is 45.8 Å². The number of ether oxygens (including phenoxy) is 3. The Morgan fingerprint density at radius 2 is 1.88 bits per heavy atom. The fourth-order valence-corrected chi connectivity index (χ4v) is 4.30. The van der Waals surface area contributed by atoms with Crippen molar-refractivity contribution in [2.45, 2.75) is 64.5 Å². The molecule has 0 radical (unpaired) electrons. The van der Waals surface area contributed by atoms with Gasteiger partial charge in [0.05, 0.1) is 19.8 Å². The van der Waals surface area contributed by atoms with E-state index in [1.165, 1.54) is 6.42 Å². The molecular formula is C26H45N3O5. The van der Waals surface area contributed by atoms with Gasteiger partial charge in [-0.2, -0.15) is 0 Å². The minimum Gasteiger partial charge on any atom is -0.493 e. The van der Waals surface area contributed by atoms with Crippen LogP contribution in [-0.4, -0.2) is 75.3 Å². The van der Waals surface area contributed by atoms with Gasteiger partial charge in [0.2, 0.25) is 0 Å². The van der Waals surface area contributed by atoms with Crippen LogP contribution < -0.4 is 20.5 Å². The maximum absolute atomic E-state index is 12.3. The van der Waals surface area contributed by atoms with Crippen LogP contribution in [0.4, 0.5) is 4.79 Å². The Balaban J connectivity index is 1.91. The van der Waals surface area contributed by atoms with Crippen molar-refractivity contribution in [2.75, 3.05) is 47.1 Å². The maximum atomic E-state index is 12.3. The molecule has 1 fully saturated rings.